The van der Waals surface area contributed by atoms with Crippen LogP contribution >= 0.6 is 0 Å². The molecule has 2 rings (SSSR count). The summed E-state index contributed by atoms with van der Waals surface area (Å²) in [4.78, 5) is 24.7. The van der Waals surface area contributed by atoms with Gasteiger partial charge in [0.15, 0.2) is 5.69 Å². The normalized spacial score (nSPS) is 10.4. The summed E-state index contributed by atoms with van der Waals surface area (Å²) < 4.78 is 1.38. The Hall–Kier alpha value is -2.61. The van der Waals surface area contributed by atoms with E-state index < -0.39 is 0 Å². The molecule has 1 heterocycles. The smallest absolute Gasteiger partial charge is 0.274 e. The summed E-state index contributed by atoms with van der Waals surface area (Å²) in [5.41, 5.74) is 0.0714. The van der Waals surface area contributed by atoms with Crippen LogP contribution in [0, 0.1) is 12.3 Å². The maximum atomic E-state index is 12.4. The minimum absolute atomic E-state index is 0.129. The Morgan fingerprint density at radius 1 is 1.32 bits per heavy atom. The van der Waals surface area contributed by atoms with Crippen LogP contribution in [-0.2, 0) is 6.54 Å². The quantitative estimate of drug-likeness (QED) is 0.655. The highest BCUT2D eigenvalue weighted by Gasteiger charge is 2.15. The Kier molecular flexibility index (Phi) is 5.31. The second kappa shape index (κ2) is 7.41. The van der Waals surface area contributed by atoms with Crippen LogP contribution in [-0.4, -0.2) is 22.2 Å². The third kappa shape index (κ3) is 3.34. The van der Waals surface area contributed by atoms with Gasteiger partial charge in [0.25, 0.3) is 11.5 Å². The highest BCUT2D eigenvalue weighted by molar-refractivity contribution is 6.04. The van der Waals surface area contributed by atoms with Crippen LogP contribution < -0.4 is 10.9 Å². The number of unbranched alkanes of at least 4 members (excludes halogenated alkanes) is 2. The van der Waals surface area contributed by atoms with Gasteiger partial charge in [-0.05, 0) is 12.5 Å². The van der Waals surface area contributed by atoms with Crippen molar-refractivity contribution in [2.75, 3.05) is 6.54 Å². The molecule has 0 fully saturated rings. The number of aryl methyl sites for hydroxylation is 1. The number of nitrogens with one attached hydrogen (secondary N) is 1. The number of aromatic nitrogens is 2. The van der Waals surface area contributed by atoms with Crippen molar-refractivity contribution in [3.8, 4) is 12.3 Å². The summed E-state index contributed by atoms with van der Waals surface area (Å²) >= 11 is 0. The van der Waals surface area contributed by atoms with Crippen molar-refractivity contribution < 1.29 is 4.79 Å². The minimum Gasteiger partial charge on any atom is -0.340 e. The zero-order valence-corrected chi connectivity index (χ0v) is 12.6. The van der Waals surface area contributed by atoms with Crippen LogP contribution in [0.2, 0.25) is 0 Å². The summed E-state index contributed by atoms with van der Waals surface area (Å²) in [6.07, 6.45) is 8.08. The Labute approximate surface area is 129 Å². The van der Waals surface area contributed by atoms with Crippen molar-refractivity contribution in [1.29, 1.82) is 0 Å². The van der Waals surface area contributed by atoms with E-state index in [1.807, 2.05) is 0 Å². The van der Waals surface area contributed by atoms with Gasteiger partial charge in [0.2, 0.25) is 0 Å². The van der Waals surface area contributed by atoms with E-state index in [2.05, 4.69) is 23.3 Å². The number of amides is 1. The topological polar surface area (TPSA) is 64.0 Å². The lowest BCUT2D eigenvalue weighted by atomic mass is 10.1. The lowest BCUT2D eigenvalue weighted by Gasteiger charge is -2.10. The number of benzene rings is 1. The van der Waals surface area contributed by atoms with Gasteiger partial charge in [-0.15, -0.1) is 6.42 Å². The van der Waals surface area contributed by atoms with Gasteiger partial charge in [-0.3, -0.25) is 9.59 Å². The van der Waals surface area contributed by atoms with Crippen LogP contribution in [0.1, 0.15) is 36.7 Å². The molecule has 1 N–H and O–H groups in total. The molecule has 0 atom stereocenters. The Bertz CT molecular complexity index is 772. The van der Waals surface area contributed by atoms with Gasteiger partial charge in [0.05, 0.1) is 11.9 Å². The van der Waals surface area contributed by atoms with Gasteiger partial charge < -0.3 is 5.32 Å². The van der Waals surface area contributed by atoms with Crippen molar-refractivity contribution in [1.82, 2.24) is 15.1 Å². The Morgan fingerprint density at radius 2 is 2.05 bits per heavy atom. The van der Waals surface area contributed by atoms with Crippen LogP contribution in [0.3, 0.4) is 0 Å². The SMILES string of the molecule is C#CCNC(=O)c1nn(CCCCC)c(=O)c2ccccc12. The molecule has 1 aromatic heterocycles. The molecule has 22 heavy (non-hydrogen) atoms. The number of carbonyl (C=O) groups is 1. The summed E-state index contributed by atoms with van der Waals surface area (Å²) in [6, 6.07) is 7.00. The van der Waals surface area contributed by atoms with E-state index in [1.54, 1.807) is 24.3 Å². The summed E-state index contributed by atoms with van der Waals surface area (Å²) in [5.74, 6) is 1.99. The first-order valence-corrected chi connectivity index (χ1v) is 7.40. The van der Waals surface area contributed by atoms with E-state index in [0.717, 1.165) is 19.3 Å². The molecule has 0 unspecified atom stereocenters. The molecule has 5 heteroatoms. The van der Waals surface area contributed by atoms with Gasteiger partial charge in [-0.1, -0.05) is 43.9 Å². The van der Waals surface area contributed by atoms with Crippen LogP contribution in [0.5, 0.6) is 0 Å². The van der Waals surface area contributed by atoms with E-state index in [4.69, 9.17) is 6.42 Å². The minimum atomic E-state index is -0.363. The molecule has 0 radical (unpaired) electrons. The molecule has 0 bridgehead atoms. The second-order valence-electron chi connectivity index (χ2n) is 5.02. The molecule has 0 spiro atoms. The number of carbonyl (C=O) groups excluding carboxylic acids is 1. The summed E-state index contributed by atoms with van der Waals surface area (Å²) in [6.45, 7) is 2.73. The Morgan fingerprint density at radius 3 is 2.73 bits per heavy atom. The largest absolute Gasteiger partial charge is 0.340 e. The van der Waals surface area contributed by atoms with E-state index >= 15 is 0 Å². The average molecular weight is 297 g/mol. The first kappa shape index (κ1) is 15.8. The standard InChI is InChI=1S/C17H19N3O2/c1-3-5-8-12-20-17(22)14-10-7-6-9-13(14)15(19-20)16(21)18-11-4-2/h2,6-7,9-10H,3,5,8,11-12H2,1H3,(H,18,21). The third-order valence-electron chi connectivity index (χ3n) is 3.41. The fraction of sp³-hybridized carbons (Fsp3) is 0.353. The lowest BCUT2D eigenvalue weighted by molar-refractivity contribution is 0.0953. The third-order valence-corrected chi connectivity index (χ3v) is 3.41. The Balaban J connectivity index is 2.49. The fourth-order valence-electron chi connectivity index (χ4n) is 2.28. The maximum absolute atomic E-state index is 12.4. The molecule has 0 aliphatic carbocycles. The van der Waals surface area contributed by atoms with Crippen molar-refractivity contribution in [3.05, 3.63) is 40.3 Å². The molecule has 1 aromatic carbocycles. The molecule has 0 saturated heterocycles. The predicted molar refractivity (Wildman–Crippen MR) is 86.7 cm³/mol. The van der Waals surface area contributed by atoms with Gasteiger partial charge in [0.1, 0.15) is 0 Å². The van der Waals surface area contributed by atoms with Gasteiger partial charge in [-0.2, -0.15) is 5.10 Å². The fourth-order valence-corrected chi connectivity index (χ4v) is 2.28. The maximum Gasteiger partial charge on any atom is 0.274 e. The molecule has 0 aliphatic heterocycles. The van der Waals surface area contributed by atoms with E-state index in [9.17, 15) is 9.59 Å². The molecule has 0 saturated carbocycles. The van der Waals surface area contributed by atoms with Gasteiger partial charge in [0, 0.05) is 11.9 Å². The van der Waals surface area contributed by atoms with Crippen molar-refractivity contribution in [2.24, 2.45) is 0 Å². The molecule has 5 nitrogen and oxygen atoms in total. The van der Waals surface area contributed by atoms with E-state index in [0.29, 0.717) is 17.3 Å². The number of terminal acetylenes is 1. The van der Waals surface area contributed by atoms with E-state index in [1.165, 1.54) is 4.68 Å². The van der Waals surface area contributed by atoms with Crippen molar-refractivity contribution in [3.63, 3.8) is 0 Å². The molecule has 114 valence electrons. The van der Waals surface area contributed by atoms with Crippen molar-refractivity contribution >= 4 is 16.7 Å². The first-order valence-electron chi connectivity index (χ1n) is 7.40. The van der Waals surface area contributed by atoms with E-state index in [-0.39, 0.29) is 23.7 Å². The monoisotopic (exact) mass is 297 g/mol. The number of hydrogen-bond donors (Lipinski definition) is 1. The number of rotatable bonds is 6. The second-order valence-corrected chi connectivity index (χ2v) is 5.02. The lowest BCUT2D eigenvalue weighted by Crippen LogP contribution is -2.31. The zero-order chi connectivity index (χ0) is 15.9. The molecular formula is C17H19N3O2. The van der Waals surface area contributed by atoms with Crippen LogP contribution in [0.15, 0.2) is 29.1 Å². The first-order chi connectivity index (χ1) is 10.7. The number of hydrogen-bond acceptors (Lipinski definition) is 3. The summed E-state index contributed by atoms with van der Waals surface area (Å²) in [5, 5.41) is 7.90. The highest BCUT2D eigenvalue weighted by atomic mass is 16.2. The predicted octanol–water partition coefficient (Wildman–Crippen LogP) is 1.95. The number of fused-ring (bicyclic) bond motifs is 1. The van der Waals surface area contributed by atoms with Gasteiger partial charge in [-0.25, -0.2) is 4.68 Å². The summed E-state index contributed by atoms with van der Waals surface area (Å²) in [7, 11) is 0. The molecule has 1 amide bonds. The average Bonchev–Trinajstić information content (AvgIpc) is 2.55. The molecule has 2 aromatic rings. The highest BCUT2D eigenvalue weighted by Crippen LogP contribution is 2.13. The molecular weight excluding hydrogens is 278 g/mol. The van der Waals surface area contributed by atoms with Gasteiger partial charge >= 0.3 is 0 Å². The van der Waals surface area contributed by atoms with Crippen LogP contribution in [0.4, 0.5) is 0 Å². The zero-order valence-electron chi connectivity index (χ0n) is 12.6. The molecule has 0 aliphatic rings. The van der Waals surface area contributed by atoms with Crippen molar-refractivity contribution in [2.45, 2.75) is 32.7 Å². The van der Waals surface area contributed by atoms with Crippen LogP contribution in [0.25, 0.3) is 10.8 Å². The number of nitrogens with zero attached hydrogens (tertiary/aromatic N) is 2.